The van der Waals surface area contributed by atoms with Gasteiger partial charge in [-0.2, -0.15) is 5.10 Å². The van der Waals surface area contributed by atoms with Crippen molar-refractivity contribution in [3.63, 3.8) is 0 Å². The first kappa shape index (κ1) is 22.7. The Morgan fingerprint density at radius 3 is 2.15 bits per heavy atom. The first-order valence-corrected chi connectivity index (χ1v) is 10.8. The van der Waals surface area contributed by atoms with Crippen LogP contribution in [0.4, 0.5) is 11.5 Å². The molecule has 0 unspecified atom stereocenters. The molecule has 0 saturated carbocycles. The van der Waals surface area contributed by atoms with Crippen LogP contribution in [0.2, 0.25) is 0 Å². The Labute approximate surface area is 197 Å². The fraction of sp³-hybridized carbons (Fsp3) is 0.111. The van der Waals surface area contributed by atoms with Gasteiger partial charge in [-0.05, 0) is 55.8 Å². The average molecular weight is 453 g/mol. The largest absolute Gasteiger partial charge is 0.322 e. The summed E-state index contributed by atoms with van der Waals surface area (Å²) in [4.78, 5) is 36.3. The number of amides is 2. The highest BCUT2D eigenvalue weighted by atomic mass is 16.2. The SMILES string of the molecule is CC(=O)Nc1c(-c2ccccc2)c(C)nn1-c1ccc(C(=O)Nc2cccc(C(C)=O)c2)cc1. The van der Waals surface area contributed by atoms with Gasteiger partial charge in [0, 0.05) is 29.3 Å². The molecule has 2 amide bonds. The topological polar surface area (TPSA) is 93.1 Å². The molecule has 0 radical (unpaired) electrons. The first-order chi connectivity index (χ1) is 16.3. The predicted octanol–water partition coefficient (Wildman–Crippen LogP) is 5.26. The van der Waals surface area contributed by atoms with Crippen molar-refractivity contribution in [3.8, 4) is 16.8 Å². The number of nitrogens with one attached hydrogen (secondary N) is 2. The first-order valence-electron chi connectivity index (χ1n) is 10.8. The Hall–Kier alpha value is -4.52. The Balaban J connectivity index is 1.64. The lowest BCUT2D eigenvalue weighted by Crippen LogP contribution is -2.13. The van der Waals surface area contributed by atoms with Gasteiger partial charge in [0.2, 0.25) is 5.91 Å². The number of hydrogen-bond acceptors (Lipinski definition) is 4. The quantitative estimate of drug-likeness (QED) is 0.390. The molecule has 0 aliphatic rings. The predicted molar refractivity (Wildman–Crippen MR) is 132 cm³/mol. The number of ketones is 1. The lowest BCUT2D eigenvalue weighted by Gasteiger charge is -2.11. The molecule has 170 valence electrons. The number of carbonyl (C=O) groups is 3. The van der Waals surface area contributed by atoms with Crippen LogP contribution in [0.5, 0.6) is 0 Å². The minimum atomic E-state index is -0.295. The molecule has 2 N–H and O–H groups in total. The van der Waals surface area contributed by atoms with E-state index in [0.717, 1.165) is 16.8 Å². The van der Waals surface area contributed by atoms with E-state index < -0.39 is 0 Å². The molecule has 0 saturated heterocycles. The molecule has 3 aromatic carbocycles. The molecule has 0 fully saturated rings. The maximum Gasteiger partial charge on any atom is 0.255 e. The van der Waals surface area contributed by atoms with E-state index in [1.54, 1.807) is 53.2 Å². The van der Waals surface area contributed by atoms with Crippen LogP contribution in [0.3, 0.4) is 0 Å². The number of anilines is 2. The number of aryl methyl sites for hydroxylation is 1. The summed E-state index contributed by atoms with van der Waals surface area (Å²) in [5, 5.41) is 10.4. The highest BCUT2D eigenvalue weighted by Gasteiger charge is 2.19. The van der Waals surface area contributed by atoms with Gasteiger partial charge in [0.25, 0.3) is 5.91 Å². The Kier molecular flexibility index (Phi) is 6.36. The lowest BCUT2D eigenvalue weighted by atomic mass is 10.1. The number of nitrogens with zero attached hydrogens (tertiary/aromatic N) is 2. The highest BCUT2D eigenvalue weighted by Crippen LogP contribution is 2.33. The van der Waals surface area contributed by atoms with Crippen LogP contribution in [0.1, 0.15) is 40.3 Å². The van der Waals surface area contributed by atoms with E-state index >= 15 is 0 Å². The summed E-state index contributed by atoms with van der Waals surface area (Å²) in [5.74, 6) is -0.00709. The van der Waals surface area contributed by atoms with Gasteiger partial charge in [-0.3, -0.25) is 14.4 Å². The Morgan fingerprint density at radius 2 is 1.50 bits per heavy atom. The van der Waals surface area contributed by atoms with Gasteiger partial charge in [-0.15, -0.1) is 0 Å². The van der Waals surface area contributed by atoms with E-state index in [2.05, 4.69) is 15.7 Å². The molecule has 4 rings (SSSR count). The molecule has 4 aromatic rings. The number of aromatic nitrogens is 2. The summed E-state index contributed by atoms with van der Waals surface area (Å²) < 4.78 is 1.66. The van der Waals surface area contributed by atoms with E-state index in [1.807, 2.05) is 37.3 Å². The minimum Gasteiger partial charge on any atom is -0.322 e. The van der Waals surface area contributed by atoms with E-state index in [0.29, 0.717) is 28.3 Å². The standard InChI is InChI=1S/C27H24N4O3/c1-17-25(20-8-5-4-6-9-20)26(28-19(3)33)31(30-17)24-14-12-21(13-15-24)27(34)29-23-11-7-10-22(16-23)18(2)32/h4-16H,1-3H3,(H,28,33)(H,29,34). The minimum absolute atomic E-state index is 0.0696. The smallest absolute Gasteiger partial charge is 0.255 e. The van der Waals surface area contributed by atoms with Crippen molar-refractivity contribution in [2.45, 2.75) is 20.8 Å². The molecule has 34 heavy (non-hydrogen) atoms. The van der Waals surface area contributed by atoms with Crippen LogP contribution in [0.15, 0.2) is 78.9 Å². The van der Waals surface area contributed by atoms with Crippen molar-refractivity contribution in [2.24, 2.45) is 0 Å². The average Bonchev–Trinajstić information content (AvgIpc) is 3.14. The maximum atomic E-state index is 12.7. The molecule has 0 aliphatic carbocycles. The zero-order valence-electron chi connectivity index (χ0n) is 19.1. The van der Waals surface area contributed by atoms with Gasteiger partial charge >= 0.3 is 0 Å². The van der Waals surface area contributed by atoms with Gasteiger partial charge in [0.05, 0.1) is 11.4 Å². The molecule has 0 spiro atoms. The Morgan fingerprint density at radius 1 is 0.794 bits per heavy atom. The monoisotopic (exact) mass is 452 g/mol. The van der Waals surface area contributed by atoms with E-state index in [-0.39, 0.29) is 17.6 Å². The van der Waals surface area contributed by atoms with E-state index in [1.165, 1.54) is 13.8 Å². The zero-order valence-corrected chi connectivity index (χ0v) is 19.1. The molecule has 1 aromatic heterocycles. The second-order valence-corrected chi connectivity index (χ2v) is 7.91. The highest BCUT2D eigenvalue weighted by molar-refractivity contribution is 6.05. The van der Waals surface area contributed by atoms with Gasteiger partial charge in [-0.1, -0.05) is 42.5 Å². The fourth-order valence-corrected chi connectivity index (χ4v) is 3.72. The van der Waals surface area contributed by atoms with Crippen LogP contribution in [-0.4, -0.2) is 27.4 Å². The van der Waals surface area contributed by atoms with E-state index in [9.17, 15) is 14.4 Å². The van der Waals surface area contributed by atoms with Gasteiger partial charge in [0.15, 0.2) is 5.78 Å². The number of rotatable bonds is 6. The normalized spacial score (nSPS) is 10.6. The summed E-state index contributed by atoms with van der Waals surface area (Å²) in [5.41, 5.74) is 4.77. The van der Waals surface area contributed by atoms with Crippen molar-refractivity contribution in [2.75, 3.05) is 10.6 Å². The third-order valence-corrected chi connectivity index (χ3v) is 5.32. The summed E-state index contributed by atoms with van der Waals surface area (Å²) in [6.07, 6.45) is 0. The summed E-state index contributed by atoms with van der Waals surface area (Å²) >= 11 is 0. The number of Topliss-reactive ketones (excluding diaryl/α,β-unsaturated/α-hetero) is 1. The van der Waals surface area contributed by atoms with Gasteiger partial charge in [0.1, 0.15) is 5.82 Å². The van der Waals surface area contributed by atoms with Crippen molar-refractivity contribution >= 4 is 29.1 Å². The molecule has 7 nitrogen and oxygen atoms in total. The molecular formula is C27H24N4O3. The number of benzene rings is 3. The third-order valence-electron chi connectivity index (χ3n) is 5.32. The van der Waals surface area contributed by atoms with Crippen LogP contribution in [0.25, 0.3) is 16.8 Å². The maximum absolute atomic E-state index is 12.7. The number of carbonyl (C=O) groups excluding carboxylic acids is 3. The molecule has 0 atom stereocenters. The zero-order chi connectivity index (χ0) is 24.2. The summed E-state index contributed by atoms with van der Waals surface area (Å²) in [6.45, 7) is 4.83. The van der Waals surface area contributed by atoms with Crippen LogP contribution in [-0.2, 0) is 4.79 Å². The van der Waals surface area contributed by atoms with Crippen LogP contribution in [0, 0.1) is 6.92 Å². The van der Waals surface area contributed by atoms with E-state index in [4.69, 9.17) is 0 Å². The second kappa shape index (κ2) is 9.54. The number of hydrogen-bond donors (Lipinski definition) is 2. The summed E-state index contributed by atoms with van der Waals surface area (Å²) in [6, 6.07) is 23.5. The lowest BCUT2D eigenvalue weighted by molar-refractivity contribution is -0.114. The van der Waals surface area contributed by atoms with Crippen molar-refractivity contribution in [1.29, 1.82) is 0 Å². The molecule has 1 heterocycles. The van der Waals surface area contributed by atoms with Crippen LogP contribution < -0.4 is 10.6 Å². The van der Waals surface area contributed by atoms with Crippen molar-refractivity contribution < 1.29 is 14.4 Å². The van der Waals surface area contributed by atoms with Crippen LogP contribution >= 0.6 is 0 Å². The fourth-order valence-electron chi connectivity index (χ4n) is 3.72. The molecule has 7 heteroatoms. The third kappa shape index (κ3) is 4.78. The van der Waals surface area contributed by atoms with Crippen molar-refractivity contribution in [1.82, 2.24) is 9.78 Å². The molecular weight excluding hydrogens is 428 g/mol. The van der Waals surface area contributed by atoms with Gasteiger partial charge in [-0.25, -0.2) is 4.68 Å². The molecule has 0 aliphatic heterocycles. The van der Waals surface area contributed by atoms with Gasteiger partial charge < -0.3 is 10.6 Å². The van der Waals surface area contributed by atoms with Crippen molar-refractivity contribution in [3.05, 3.63) is 95.7 Å². The summed E-state index contributed by atoms with van der Waals surface area (Å²) in [7, 11) is 0. The Bertz CT molecular complexity index is 1370. The second-order valence-electron chi connectivity index (χ2n) is 7.91. The molecule has 0 bridgehead atoms.